The van der Waals surface area contributed by atoms with Gasteiger partial charge in [-0.15, -0.1) is 0 Å². The van der Waals surface area contributed by atoms with Crippen LogP contribution in [0, 0.1) is 0 Å². The number of ether oxygens (including phenoxy) is 1. The Morgan fingerprint density at radius 1 is 1.05 bits per heavy atom. The van der Waals surface area contributed by atoms with Crippen LogP contribution in [0.2, 0.25) is 5.02 Å². The third kappa shape index (κ3) is 4.14. The summed E-state index contributed by atoms with van der Waals surface area (Å²) in [7, 11) is 0. The van der Waals surface area contributed by atoms with Crippen LogP contribution in [-0.2, 0) is 0 Å². The lowest BCUT2D eigenvalue weighted by atomic mass is 10.1. The van der Waals surface area contributed by atoms with Gasteiger partial charge in [-0.3, -0.25) is 0 Å². The maximum atomic E-state index is 6.05. The molecule has 1 N–H and O–H groups in total. The first-order valence-corrected chi connectivity index (χ1v) is 6.49. The molecule has 0 atom stereocenters. The molecule has 0 fully saturated rings. The summed E-state index contributed by atoms with van der Waals surface area (Å²) in [5.74, 6) is 1.89. The molecule has 0 radical (unpaired) electrons. The molecule has 100 valence electrons. The summed E-state index contributed by atoms with van der Waals surface area (Å²) in [5, 5.41) is 3.87. The zero-order valence-corrected chi connectivity index (χ0v) is 12.0. The van der Waals surface area contributed by atoms with E-state index in [1.165, 1.54) is 0 Å². The smallest absolute Gasteiger partial charge is 0.221 e. The Bertz CT molecular complexity index is 564. The number of pyridine rings is 1. The third-order valence-corrected chi connectivity index (χ3v) is 2.59. The van der Waals surface area contributed by atoms with Gasteiger partial charge in [0.15, 0.2) is 0 Å². The van der Waals surface area contributed by atoms with Gasteiger partial charge in [-0.25, -0.2) is 0 Å². The van der Waals surface area contributed by atoms with Gasteiger partial charge in [0.25, 0.3) is 0 Å². The fourth-order valence-electron chi connectivity index (χ4n) is 1.57. The van der Waals surface area contributed by atoms with Crippen LogP contribution in [0.3, 0.4) is 0 Å². The van der Waals surface area contributed by atoms with Crippen molar-refractivity contribution in [3.8, 4) is 11.6 Å². The lowest BCUT2D eigenvalue weighted by molar-refractivity contribution is 0.463. The first-order chi connectivity index (χ1) is 8.94. The summed E-state index contributed by atoms with van der Waals surface area (Å²) >= 11 is 6.05. The second-order valence-corrected chi connectivity index (χ2v) is 5.68. The van der Waals surface area contributed by atoms with Crippen LogP contribution >= 0.6 is 11.6 Å². The summed E-state index contributed by atoms with van der Waals surface area (Å²) in [4.78, 5) is 4.40. The molecule has 0 amide bonds. The van der Waals surface area contributed by atoms with E-state index in [4.69, 9.17) is 16.3 Å². The minimum absolute atomic E-state index is 0.0456. The van der Waals surface area contributed by atoms with Gasteiger partial charge in [0.05, 0.1) is 5.02 Å². The molecular weight excluding hydrogens is 260 g/mol. The molecule has 4 heteroatoms. The molecule has 0 aliphatic heterocycles. The summed E-state index contributed by atoms with van der Waals surface area (Å²) in [6.45, 7) is 6.24. The van der Waals surface area contributed by atoms with E-state index in [0.717, 1.165) is 5.82 Å². The molecule has 0 aliphatic carbocycles. The molecule has 0 saturated carbocycles. The van der Waals surface area contributed by atoms with Crippen molar-refractivity contribution in [3.63, 3.8) is 0 Å². The van der Waals surface area contributed by atoms with Crippen LogP contribution in [0.4, 0.5) is 5.82 Å². The number of halogens is 1. The first kappa shape index (κ1) is 13.7. The normalized spacial score (nSPS) is 11.2. The van der Waals surface area contributed by atoms with Crippen LogP contribution in [0.25, 0.3) is 0 Å². The summed E-state index contributed by atoms with van der Waals surface area (Å²) in [6, 6.07) is 12.9. The zero-order chi connectivity index (χ0) is 13.9. The Hall–Kier alpha value is -1.74. The monoisotopic (exact) mass is 276 g/mol. The number of rotatable bonds is 3. The zero-order valence-electron chi connectivity index (χ0n) is 11.3. The van der Waals surface area contributed by atoms with E-state index < -0.39 is 0 Å². The molecule has 1 aromatic carbocycles. The van der Waals surface area contributed by atoms with Crippen LogP contribution in [0.15, 0.2) is 42.5 Å². The van der Waals surface area contributed by atoms with E-state index in [1.54, 1.807) is 12.1 Å². The van der Waals surface area contributed by atoms with Crippen molar-refractivity contribution in [3.05, 3.63) is 47.5 Å². The Balaban J connectivity index is 2.18. The third-order valence-electron chi connectivity index (χ3n) is 2.28. The van der Waals surface area contributed by atoms with E-state index in [-0.39, 0.29) is 5.54 Å². The van der Waals surface area contributed by atoms with Crippen molar-refractivity contribution < 1.29 is 4.74 Å². The summed E-state index contributed by atoms with van der Waals surface area (Å²) < 4.78 is 5.68. The summed E-state index contributed by atoms with van der Waals surface area (Å²) in [5.41, 5.74) is -0.0456. The van der Waals surface area contributed by atoms with E-state index in [9.17, 15) is 0 Å². The van der Waals surface area contributed by atoms with E-state index in [0.29, 0.717) is 16.7 Å². The highest BCUT2D eigenvalue weighted by molar-refractivity contribution is 6.32. The number of aromatic nitrogens is 1. The number of nitrogens with one attached hydrogen (secondary N) is 1. The van der Waals surface area contributed by atoms with Gasteiger partial charge in [-0.05, 0) is 39.0 Å². The molecule has 0 spiro atoms. The summed E-state index contributed by atoms with van der Waals surface area (Å²) in [6.07, 6.45) is 0. The van der Waals surface area contributed by atoms with Gasteiger partial charge >= 0.3 is 0 Å². The van der Waals surface area contributed by atoms with Crippen LogP contribution in [0.5, 0.6) is 11.6 Å². The standard InChI is InChI=1S/C15H17ClN2O/c1-15(2,3)18-13-9-6-10-14(17-13)19-12-8-5-4-7-11(12)16/h4-10H,1-3H3,(H,17,18). The van der Waals surface area contributed by atoms with Gasteiger partial charge in [0.1, 0.15) is 11.6 Å². The van der Waals surface area contributed by atoms with Gasteiger partial charge in [-0.2, -0.15) is 4.98 Å². The highest BCUT2D eigenvalue weighted by Crippen LogP contribution is 2.28. The van der Waals surface area contributed by atoms with Crippen molar-refractivity contribution in [2.75, 3.05) is 5.32 Å². The number of para-hydroxylation sites is 1. The molecule has 2 rings (SSSR count). The average molecular weight is 277 g/mol. The predicted molar refractivity (Wildman–Crippen MR) is 79.1 cm³/mol. The number of benzene rings is 1. The topological polar surface area (TPSA) is 34.1 Å². The molecule has 19 heavy (non-hydrogen) atoms. The maximum Gasteiger partial charge on any atom is 0.221 e. The molecule has 0 saturated heterocycles. The quantitative estimate of drug-likeness (QED) is 0.879. The minimum atomic E-state index is -0.0456. The Labute approximate surface area is 118 Å². The minimum Gasteiger partial charge on any atom is -0.437 e. The molecule has 1 heterocycles. The molecular formula is C15H17ClN2O. The van der Waals surface area contributed by atoms with Crippen molar-refractivity contribution >= 4 is 17.4 Å². The number of hydrogen-bond acceptors (Lipinski definition) is 3. The SMILES string of the molecule is CC(C)(C)Nc1cccc(Oc2ccccc2Cl)n1. The molecule has 0 unspecified atom stereocenters. The van der Waals surface area contributed by atoms with E-state index in [1.807, 2.05) is 30.3 Å². The second-order valence-electron chi connectivity index (χ2n) is 5.27. The van der Waals surface area contributed by atoms with Crippen LogP contribution in [-0.4, -0.2) is 10.5 Å². The highest BCUT2D eigenvalue weighted by Gasteiger charge is 2.11. The maximum absolute atomic E-state index is 6.05. The lowest BCUT2D eigenvalue weighted by Gasteiger charge is -2.21. The largest absolute Gasteiger partial charge is 0.437 e. The van der Waals surface area contributed by atoms with E-state index in [2.05, 4.69) is 31.1 Å². The van der Waals surface area contributed by atoms with Gasteiger partial charge < -0.3 is 10.1 Å². The van der Waals surface area contributed by atoms with Gasteiger partial charge in [-0.1, -0.05) is 29.8 Å². The van der Waals surface area contributed by atoms with Crippen molar-refractivity contribution in [2.24, 2.45) is 0 Å². The molecule has 2 aromatic rings. The molecule has 3 nitrogen and oxygen atoms in total. The van der Waals surface area contributed by atoms with Gasteiger partial charge in [0.2, 0.25) is 5.88 Å². The Morgan fingerprint density at radius 3 is 2.47 bits per heavy atom. The lowest BCUT2D eigenvalue weighted by Crippen LogP contribution is -2.26. The van der Waals surface area contributed by atoms with Crippen LogP contribution in [0.1, 0.15) is 20.8 Å². The number of hydrogen-bond donors (Lipinski definition) is 1. The molecule has 1 aromatic heterocycles. The first-order valence-electron chi connectivity index (χ1n) is 6.12. The van der Waals surface area contributed by atoms with Crippen molar-refractivity contribution in [1.82, 2.24) is 4.98 Å². The molecule has 0 aliphatic rings. The number of anilines is 1. The highest BCUT2D eigenvalue weighted by atomic mass is 35.5. The Morgan fingerprint density at radius 2 is 1.79 bits per heavy atom. The molecule has 0 bridgehead atoms. The second kappa shape index (κ2) is 5.49. The fraction of sp³-hybridized carbons (Fsp3) is 0.267. The van der Waals surface area contributed by atoms with E-state index >= 15 is 0 Å². The van der Waals surface area contributed by atoms with Crippen LogP contribution < -0.4 is 10.1 Å². The fourth-order valence-corrected chi connectivity index (χ4v) is 1.74. The number of nitrogens with zero attached hydrogens (tertiary/aromatic N) is 1. The average Bonchev–Trinajstić information content (AvgIpc) is 2.30. The Kier molecular flexibility index (Phi) is 3.96. The van der Waals surface area contributed by atoms with Gasteiger partial charge in [0, 0.05) is 11.6 Å². The van der Waals surface area contributed by atoms with Crippen molar-refractivity contribution in [2.45, 2.75) is 26.3 Å². The van der Waals surface area contributed by atoms with Crippen molar-refractivity contribution in [1.29, 1.82) is 0 Å². The predicted octanol–water partition coefficient (Wildman–Crippen LogP) is 4.74.